The maximum Gasteiger partial charge on any atom is 0.140 e. The number of aliphatic hydroxyl groups is 1. The van der Waals surface area contributed by atoms with Crippen molar-refractivity contribution in [3.63, 3.8) is 0 Å². The Morgan fingerprint density at radius 1 is 1.28 bits per heavy atom. The maximum absolute atomic E-state index is 9.13. The van der Waals surface area contributed by atoms with E-state index in [1.165, 1.54) is 24.8 Å². The molecule has 3 N–H and O–H groups in total. The van der Waals surface area contributed by atoms with Crippen molar-refractivity contribution in [1.82, 2.24) is 35.3 Å². The summed E-state index contributed by atoms with van der Waals surface area (Å²) >= 11 is 0. The van der Waals surface area contributed by atoms with Crippen molar-refractivity contribution in [1.29, 1.82) is 0 Å². The summed E-state index contributed by atoms with van der Waals surface area (Å²) < 4.78 is 2.04. The lowest BCUT2D eigenvalue weighted by Gasteiger charge is -2.33. The quantitative estimate of drug-likeness (QED) is 0.395. The number of hydrogen-bond acceptors (Lipinski definition) is 6. The minimum Gasteiger partial charge on any atom is -0.395 e. The van der Waals surface area contributed by atoms with Gasteiger partial charge in [-0.3, -0.25) is 10.1 Å². The number of aromatic nitrogens is 6. The van der Waals surface area contributed by atoms with Gasteiger partial charge in [0, 0.05) is 42.7 Å². The monoisotopic (exact) mass is 431 g/mol. The van der Waals surface area contributed by atoms with Crippen molar-refractivity contribution in [2.45, 2.75) is 38.1 Å². The molecule has 32 heavy (non-hydrogen) atoms. The molecule has 5 rings (SSSR count). The minimum atomic E-state index is 0.00407. The van der Waals surface area contributed by atoms with E-state index in [0.29, 0.717) is 12.5 Å². The number of nitrogens with zero attached hydrogens (tertiary/aromatic N) is 5. The van der Waals surface area contributed by atoms with Crippen LogP contribution in [0.25, 0.3) is 22.2 Å². The van der Waals surface area contributed by atoms with E-state index in [1.54, 1.807) is 6.33 Å². The van der Waals surface area contributed by atoms with Gasteiger partial charge < -0.3 is 15.0 Å². The molecule has 3 heterocycles. The number of fused-ring (bicyclic) bond motifs is 1. The lowest BCUT2D eigenvalue weighted by atomic mass is 9.72. The molecule has 3 aromatic heterocycles. The van der Waals surface area contributed by atoms with Gasteiger partial charge in [0.05, 0.1) is 17.8 Å². The van der Waals surface area contributed by atoms with Gasteiger partial charge in [-0.1, -0.05) is 24.6 Å². The molecule has 2 atom stereocenters. The van der Waals surface area contributed by atoms with Crippen LogP contribution in [0.3, 0.4) is 0 Å². The second kappa shape index (κ2) is 8.80. The van der Waals surface area contributed by atoms with E-state index in [4.69, 9.17) is 5.11 Å². The number of rotatable bonds is 8. The average molecular weight is 432 g/mol. The van der Waals surface area contributed by atoms with Gasteiger partial charge in [-0.15, -0.1) is 10.2 Å². The molecule has 0 amide bonds. The van der Waals surface area contributed by atoms with Crippen molar-refractivity contribution >= 4 is 10.9 Å². The average Bonchev–Trinajstić information content (AvgIpc) is 3.40. The number of H-pyrrole nitrogens is 1. The molecule has 2 unspecified atom stereocenters. The molecular weight excluding hydrogens is 402 g/mol. The normalized spacial score (nSPS) is 16.2. The molecule has 1 aliphatic rings. The van der Waals surface area contributed by atoms with Gasteiger partial charge in [0.1, 0.15) is 17.8 Å². The summed E-state index contributed by atoms with van der Waals surface area (Å²) in [4.78, 5) is 4.56. The third-order valence-electron chi connectivity index (χ3n) is 6.65. The Labute approximate surface area is 187 Å². The predicted molar refractivity (Wildman–Crippen MR) is 123 cm³/mol. The zero-order valence-corrected chi connectivity index (χ0v) is 18.5. The number of aliphatic hydroxyl groups excluding tert-OH is 1. The summed E-state index contributed by atoms with van der Waals surface area (Å²) in [6.07, 6.45) is 7.34. The molecule has 8 heteroatoms. The van der Waals surface area contributed by atoms with Crippen molar-refractivity contribution < 1.29 is 5.11 Å². The van der Waals surface area contributed by atoms with Crippen LogP contribution < -0.4 is 5.32 Å². The lowest BCUT2D eigenvalue weighted by Crippen LogP contribution is -2.24. The fraction of sp³-hybridized carbons (Fsp3) is 0.417. The molecule has 0 bridgehead atoms. The lowest BCUT2D eigenvalue weighted by molar-refractivity contribution is 0.274. The van der Waals surface area contributed by atoms with Gasteiger partial charge >= 0.3 is 0 Å². The van der Waals surface area contributed by atoms with Crippen LogP contribution in [0.5, 0.6) is 0 Å². The summed E-state index contributed by atoms with van der Waals surface area (Å²) in [6.45, 7) is 2.66. The SMILES string of the molecule is CC(NCCO)c1nccc2c(-c3cccc(C(c4nncn4C)C4CCC4)c3)n[nH]c12. The Morgan fingerprint density at radius 2 is 2.16 bits per heavy atom. The van der Waals surface area contributed by atoms with Crippen LogP contribution in [-0.2, 0) is 7.05 Å². The zero-order chi connectivity index (χ0) is 22.1. The first-order valence-corrected chi connectivity index (χ1v) is 11.3. The summed E-state index contributed by atoms with van der Waals surface area (Å²) in [5.74, 6) is 1.86. The van der Waals surface area contributed by atoms with E-state index >= 15 is 0 Å². The topological polar surface area (TPSA) is 105 Å². The largest absolute Gasteiger partial charge is 0.395 e. The van der Waals surface area contributed by atoms with Crippen molar-refractivity contribution in [3.8, 4) is 11.3 Å². The molecule has 0 aliphatic heterocycles. The van der Waals surface area contributed by atoms with E-state index in [1.807, 2.05) is 30.8 Å². The van der Waals surface area contributed by atoms with Gasteiger partial charge in [-0.25, -0.2) is 0 Å². The Morgan fingerprint density at radius 3 is 2.88 bits per heavy atom. The van der Waals surface area contributed by atoms with Gasteiger partial charge in [0.15, 0.2) is 0 Å². The molecule has 0 radical (unpaired) electrons. The van der Waals surface area contributed by atoms with E-state index in [0.717, 1.165) is 33.7 Å². The number of hydrogen-bond donors (Lipinski definition) is 3. The summed E-state index contributed by atoms with van der Waals surface area (Å²) in [5, 5.41) is 29.9. The first-order chi connectivity index (χ1) is 15.7. The van der Waals surface area contributed by atoms with Crippen molar-refractivity contribution in [2.24, 2.45) is 13.0 Å². The highest BCUT2D eigenvalue weighted by atomic mass is 16.3. The van der Waals surface area contributed by atoms with Crippen LogP contribution in [0, 0.1) is 5.92 Å². The molecule has 1 aromatic carbocycles. The minimum absolute atomic E-state index is 0.00407. The van der Waals surface area contributed by atoms with Crippen molar-refractivity contribution in [2.75, 3.05) is 13.2 Å². The molecule has 8 nitrogen and oxygen atoms in total. The van der Waals surface area contributed by atoms with E-state index in [9.17, 15) is 0 Å². The Hall–Kier alpha value is -3.10. The molecule has 0 saturated heterocycles. The summed E-state index contributed by atoms with van der Waals surface area (Å²) in [6, 6.07) is 10.7. The summed E-state index contributed by atoms with van der Waals surface area (Å²) in [5.41, 5.74) is 5.08. The molecule has 0 spiro atoms. The smallest absolute Gasteiger partial charge is 0.140 e. The van der Waals surface area contributed by atoms with E-state index in [2.05, 4.69) is 55.0 Å². The van der Waals surface area contributed by atoms with Crippen LogP contribution in [0.1, 0.15) is 55.2 Å². The van der Waals surface area contributed by atoms with Crippen LogP contribution in [-0.4, -0.2) is 48.2 Å². The van der Waals surface area contributed by atoms with Gasteiger partial charge in [-0.2, -0.15) is 5.10 Å². The van der Waals surface area contributed by atoms with Gasteiger partial charge in [0.25, 0.3) is 0 Å². The standard InChI is InChI=1S/C24H29N7O/c1-15(25-11-12-32)21-23-19(9-10-26-21)22(28-29-23)18-8-4-7-17(13-18)20(16-5-3-6-16)24-30-27-14-31(24)2/h4,7-10,13-16,20,25,32H,3,5-6,11-12H2,1-2H3,(H,28,29). The number of pyridine rings is 1. The molecule has 4 aromatic rings. The molecule has 1 fully saturated rings. The molecular formula is C24H29N7O. The fourth-order valence-corrected chi connectivity index (χ4v) is 4.75. The number of benzene rings is 1. The molecule has 1 saturated carbocycles. The van der Waals surface area contributed by atoms with Crippen LogP contribution in [0.4, 0.5) is 0 Å². The number of aryl methyl sites for hydroxylation is 1. The highest BCUT2D eigenvalue weighted by Crippen LogP contribution is 2.43. The van der Waals surface area contributed by atoms with Crippen LogP contribution in [0.2, 0.25) is 0 Å². The van der Waals surface area contributed by atoms with Gasteiger partial charge in [0.2, 0.25) is 0 Å². The third-order valence-corrected chi connectivity index (χ3v) is 6.65. The Balaban J connectivity index is 1.54. The van der Waals surface area contributed by atoms with E-state index < -0.39 is 0 Å². The van der Waals surface area contributed by atoms with Gasteiger partial charge in [-0.05, 0) is 43.4 Å². The molecule has 166 valence electrons. The maximum atomic E-state index is 9.13. The number of aromatic amines is 1. The first kappa shape index (κ1) is 20.8. The van der Waals surface area contributed by atoms with Crippen LogP contribution in [0.15, 0.2) is 42.9 Å². The van der Waals surface area contributed by atoms with E-state index in [-0.39, 0.29) is 18.6 Å². The highest BCUT2D eigenvalue weighted by molar-refractivity contribution is 5.94. The Bertz CT molecular complexity index is 1210. The zero-order valence-electron chi connectivity index (χ0n) is 18.5. The molecule has 1 aliphatic carbocycles. The third kappa shape index (κ3) is 3.69. The number of nitrogens with one attached hydrogen (secondary N) is 2. The fourth-order valence-electron chi connectivity index (χ4n) is 4.75. The highest BCUT2D eigenvalue weighted by Gasteiger charge is 2.33. The first-order valence-electron chi connectivity index (χ1n) is 11.3. The van der Waals surface area contributed by atoms with Crippen LogP contribution >= 0.6 is 0 Å². The predicted octanol–water partition coefficient (Wildman–Crippen LogP) is 3.33. The van der Waals surface area contributed by atoms with Crippen molar-refractivity contribution in [3.05, 3.63) is 59.9 Å². The summed E-state index contributed by atoms with van der Waals surface area (Å²) in [7, 11) is 2.02. The Kier molecular flexibility index (Phi) is 5.71. The second-order valence-corrected chi connectivity index (χ2v) is 8.68. The second-order valence-electron chi connectivity index (χ2n) is 8.68.